The Kier molecular flexibility index (Phi) is 1.67. The Morgan fingerprint density at radius 2 is 2.13 bits per heavy atom. The van der Waals surface area contributed by atoms with Crippen LogP contribution in [0.3, 0.4) is 0 Å². The van der Waals surface area contributed by atoms with Gasteiger partial charge in [0.2, 0.25) is 0 Å². The molecule has 15 heavy (non-hydrogen) atoms. The molecule has 3 rings (SSSR count). The minimum atomic E-state index is -0.201. The number of hydrogen-bond acceptors (Lipinski definition) is 1. The summed E-state index contributed by atoms with van der Waals surface area (Å²) in [7, 11) is 1.91. The monoisotopic (exact) mass is 204 g/mol. The van der Waals surface area contributed by atoms with E-state index in [9.17, 15) is 4.39 Å². The highest BCUT2D eigenvalue weighted by Gasteiger charge is 2.29. The molecule has 0 atom stereocenters. The van der Waals surface area contributed by atoms with Crippen molar-refractivity contribution in [3.8, 4) is 0 Å². The highest BCUT2D eigenvalue weighted by atomic mass is 19.1. The Morgan fingerprint density at radius 3 is 2.80 bits per heavy atom. The molecule has 0 N–H and O–H groups in total. The van der Waals surface area contributed by atoms with Gasteiger partial charge in [0.25, 0.3) is 0 Å². The van der Waals surface area contributed by atoms with E-state index in [1.165, 1.54) is 18.5 Å². The van der Waals surface area contributed by atoms with Crippen LogP contribution in [0.2, 0.25) is 0 Å². The van der Waals surface area contributed by atoms with Crippen molar-refractivity contribution in [1.29, 1.82) is 0 Å². The Labute approximate surface area is 87.7 Å². The zero-order valence-corrected chi connectivity index (χ0v) is 8.92. The lowest BCUT2D eigenvalue weighted by atomic mass is 10.1. The van der Waals surface area contributed by atoms with Gasteiger partial charge in [0.1, 0.15) is 5.52 Å². The molecular weight excluding hydrogens is 191 g/mol. The molecule has 0 saturated heterocycles. The van der Waals surface area contributed by atoms with Crippen molar-refractivity contribution in [2.75, 3.05) is 0 Å². The van der Waals surface area contributed by atoms with E-state index in [-0.39, 0.29) is 5.82 Å². The molecule has 0 amide bonds. The van der Waals surface area contributed by atoms with Gasteiger partial charge in [-0.1, -0.05) is 0 Å². The van der Waals surface area contributed by atoms with Crippen molar-refractivity contribution in [3.05, 3.63) is 29.2 Å². The molecule has 0 radical (unpaired) electrons. The van der Waals surface area contributed by atoms with E-state index >= 15 is 0 Å². The first-order chi connectivity index (χ1) is 7.16. The Bertz CT molecular complexity index is 538. The van der Waals surface area contributed by atoms with Crippen LogP contribution in [0.25, 0.3) is 10.9 Å². The van der Waals surface area contributed by atoms with Gasteiger partial charge >= 0.3 is 0 Å². The van der Waals surface area contributed by atoms with E-state index in [1.54, 1.807) is 6.07 Å². The van der Waals surface area contributed by atoms with Gasteiger partial charge in [-0.05, 0) is 37.5 Å². The Morgan fingerprint density at radius 1 is 1.40 bits per heavy atom. The normalized spacial score (nSPS) is 16.2. The average Bonchev–Trinajstić information content (AvgIpc) is 2.91. The first-order valence-corrected chi connectivity index (χ1v) is 5.29. The largest absolute Gasteiger partial charge is 0.271 e. The maximum Gasteiger partial charge on any atom is 0.151 e. The van der Waals surface area contributed by atoms with Gasteiger partial charge in [0.05, 0.1) is 0 Å². The van der Waals surface area contributed by atoms with Gasteiger partial charge in [-0.2, -0.15) is 5.10 Å². The fraction of sp³-hybridized carbons (Fsp3) is 0.417. The molecule has 1 aliphatic carbocycles. The maximum absolute atomic E-state index is 13.6. The first kappa shape index (κ1) is 8.89. The Balaban J connectivity index is 2.38. The molecule has 0 unspecified atom stereocenters. The van der Waals surface area contributed by atoms with Crippen LogP contribution in [0.4, 0.5) is 4.39 Å². The lowest BCUT2D eigenvalue weighted by molar-refractivity contribution is 0.630. The van der Waals surface area contributed by atoms with Crippen LogP contribution in [-0.2, 0) is 7.05 Å². The predicted octanol–water partition coefficient (Wildman–Crippen LogP) is 2.90. The van der Waals surface area contributed by atoms with E-state index in [2.05, 4.69) is 5.10 Å². The van der Waals surface area contributed by atoms with Crippen molar-refractivity contribution >= 4 is 10.9 Å². The molecule has 1 aliphatic rings. The van der Waals surface area contributed by atoms with E-state index in [0.29, 0.717) is 11.4 Å². The van der Waals surface area contributed by atoms with Gasteiger partial charge in [0.15, 0.2) is 5.82 Å². The van der Waals surface area contributed by atoms with Crippen LogP contribution in [0.5, 0.6) is 0 Å². The SMILES string of the molecule is Cc1cc(F)c2nn(C)c(C3CC3)c2c1. The second kappa shape index (κ2) is 2.81. The number of benzene rings is 1. The summed E-state index contributed by atoms with van der Waals surface area (Å²) in [6.45, 7) is 1.92. The van der Waals surface area contributed by atoms with Gasteiger partial charge in [0, 0.05) is 24.0 Å². The summed E-state index contributed by atoms with van der Waals surface area (Å²) in [5, 5.41) is 5.25. The third-order valence-electron chi connectivity index (χ3n) is 3.05. The number of nitrogens with zero attached hydrogens (tertiary/aromatic N) is 2. The molecule has 1 saturated carbocycles. The van der Waals surface area contributed by atoms with Gasteiger partial charge in [-0.25, -0.2) is 4.39 Å². The van der Waals surface area contributed by atoms with Crippen LogP contribution < -0.4 is 0 Å². The molecule has 78 valence electrons. The summed E-state index contributed by atoms with van der Waals surface area (Å²) >= 11 is 0. The van der Waals surface area contributed by atoms with Crippen LogP contribution >= 0.6 is 0 Å². The summed E-state index contributed by atoms with van der Waals surface area (Å²) in [5.41, 5.74) is 2.69. The summed E-state index contributed by atoms with van der Waals surface area (Å²) in [6, 6.07) is 3.59. The molecular formula is C12H13FN2. The highest BCUT2D eigenvalue weighted by Crippen LogP contribution is 2.43. The summed E-state index contributed by atoms with van der Waals surface area (Å²) in [4.78, 5) is 0. The van der Waals surface area contributed by atoms with E-state index < -0.39 is 0 Å². The van der Waals surface area contributed by atoms with Crippen LogP contribution in [0.1, 0.15) is 30.0 Å². The second-order valence-corrected chi connectivity index (χ2v) is 4.43. The molecule has 0 bridgehead atoms. The van der Waals surface area contributed by atoms with Crippen LogP contribution in [-0.4, -0.2) is 9.78 Å². The topological polar surface area (TPSA) is 17.8 Å². The van der Waals surface area contributed by atoms with E-state index in [4.69, 9.17) is 0 Å². The molecule has 0 spiro atoms. The summed E-state index contributed by atoms with van der Waals surface area (Å²) in [5.74, 6) is 0.397. The van der Waals surface area contributed by atoms with Gasteiger partial charge in [-0.3, -0.25) is 4.68 Å². The van der Waals surface area contributed by atoms with Gasteiger partial charge in [-0.15, -0.1) is 0 Å². The smallest absolute Gasteiger partial charge is 0.151 e. The zero-order chi connectivity index (χ0) is 10.6. The zero-order valence-electron chi connectivity index (χ0n) is 8.92. The van der Waals surface area contributed by atoms with Crippen LogP contribution in [0, 0.1) is 12.7 Å². The predicted molar refractivity (Wildman–Crippen MR) is 57.4 cm³/mol. The van der Waals surface area contributed by atoms with Crippen molar-refractivity contribution in [2.45, 2.75) is 25.7 Å². The number of aromatic nitrogens is 2. The average molecular weight is 204 g/mol. The molecule has 1 aromatic carbocycles. The second-order valence-electron chi connectivity index (χ2n) is 4.43. The maximum atomic E-state index is 13.6. The summed E-state index contributed by atoms with van der Waals surface area (Å²) < 4.78 is 15.5. The quantitative estimate of drug-likeness (QED) is 0.698. The van der Waals surface area contributed by atoms with E-state index in [0.717, 1.165) is 10.9 Å². The number of aryl methyl sites for hydroxylation is 2. The minimum Gasteiger partial charge on any atom is -0.271 e. The fourth-order valence-corrected chi connectivity index (χ4v) is 2.25. The van der Waals surface area contributed by atoms with Crippen molar-refractivity contribution in [1.82, 2.24) is 9.78 Å². The third-order valence-corrected chi connectivity index (χ3v) is 3.05. The molecule has 2 aromatic rings. The Hall–Kier alpha value is -1.38. The van der Waals surface area contributed by atoms with Crippen LogP contribution in [0.15, 0.2) is 12.1 Å². The molecule has 2 nitrogen and oxygen atoms in total. The number of rotatable bonds is 1. The van der Waals surface area contributed by atoms with Crippen molar-refractivity contribution < 1.29 is 4.39 Å². The lowest BCUT2D eigenvalue weighted by Gasteiger charge is -1.99. The number of halogens is 1. The third kappa shape index (κ3) is 1.26. The standard InChI is InChI=1S/C12H13FN2/c1-7-5-9-11(10(13)6-7)14-15(2)12(9)8-3-4-8/h5-6,8H,3-4H2,1-2H3. The number of hydrogen-bond donors (Lipinski definition) is 0. The highest BCUT2D eigenvalue weighted by molar-refractivity contribution is 5.83. The molecule has 1 aromatic heterocycles. The first-order valence-electron chi connectivity index (χ1n) is 5.29. The fourth-order valence-electron chi connectivity index (χ4n) is 2.25. The molecule has 1 heterocycles. The lowest BCUT2D eigenvalue weighted by Crippen LogP contribution is -1.95. The van der Waals surface area contributed by atoms with Gasteiger partial charge < -0.3 is 0 Å². The van der Waals surface area contributed by atoms with E-state index in [1.807, 2.05) is 24.7 Å². The van der Waals surface area contributed by atoms with Crippen molar-refractivity contribution in [3.63, 3.8) is 0 Å². The minimum absolute atomic E-state index is 0.201. The van der Waals surface area contributed by atoms with Crippen molar-refractivity contribution in [2.24, 2.45) is 7.05 Å². The number of fused-ring (bicyclic) bond motifs is 1. The molecule has 1 fully saturated rings. The molecule has 0 aliphatic heterocycles. The molecule has 3 heteroatoms. The summed E-state index contributed by atoms with van der Waals surface area (Å²) in [6.07, 6.45) is 2.42.